The average Bonchev–Trinajstić information content (AvgIpc) is 3.25. The first kappa shape index (κ1) is 19.8. The van der Waals surface area contributed by atoms with Crippen LogP contribution >= 0.6 is 0 Å². The minimum Gasteiger partial charge on any atom is -0.492 e. The molecule has 2 aliphatic heterocycles. The zero-order valence-corrected chi connectivity index (χ0v) is 17.3. The largest absolute Gasteiger partial charge is 0.492 e. The fraction of sp³-hybridized carbons (Fsp3) is 0.423. The molecule has 1 saturated carbocycles. The predicted molar refractivity (Wildman–Crippen MR) is 116 cm³/mol. The highest BCUT2D eigenvalue weighted by Gasteiger charge is 2.48. The third-order valence-corrected chi connectivity index (χ3v) is 6.56. The van der Waals surface area contributed by atoms with Crippen molar-refractivity contribution in [2.45, 2.75) is 57.5 Å². The molecule has 1 unspecified atom stereocenters. The average molecular weight is 391 g/mol. The van der Waals surface area contributed by atoms with Crippen LogP contribution in [0.4, 0.5) is 0 Å². The van der Waals surface area contributed by atoms with Gasteiger partial charge in [0.15, 0.2) is 0 Å². The minimum atomic E-state index is -0.440. The zero-order valence-electron chi connectivity index (χ0n) is 17.3. The molecule has 0 bridgehead atoms. The Balaban J connectivity index is 1.81. The van der Waals surface area contributed by atoms with Gasteiger partial charge in [-0.2, -0.15) is 0 Å². The summed E-state index contributed by atoms with van der Waals surface area (Å²) in [5.74, 6) is 0.947. The van der Waals surface area contributed by atoms with Crippen molar-refractivity contribution in [1.29, 1.82) is 0 Å². The van der Waals surface area contributed by atoms with E-state index < -0.39 is 5.60 Å². The predicted octanol–water partition coefficient (Wildman–Crippen LogP) is 6.14. The second-order valence-electron chi connectivity index (χ2n) is 8.50. The molecule has 1 aliphatic carbocycles. The highest BCUT2D eigenvalue weighted by Crippen LogP contribution is 2.50. The zero-order chi connectivity index (χ0) is 20.4. The van der Waals surface area contributed by atoms with Gasteiger partial charge in [-0.25, -0.2) is 4.79 Å². The van der Waals surface area contributed by atoms with E-state index in [9.17, 15) is 4.79 Å². The van der Waals surface area contributed by atoms with Gasteiger partial charge in [0.2, 0.25) is 0 Å². The van der Waals surface area contributed by atoms with Gasteiger partial charge < -0.3 is 9.47 Å². The quantitative estimate of drug-likeness (QED) is 0.432. The number of hydrogen-bond acceptors (Lipinski definition) is 3. The Kier molecular flexibility index (Phi) is 5.49. The molecular weight excluding hydrogens is 360 g/mol. The van der Waals surface area contributed by atoms with Crippen molar-refractivity contribution in [3.8, 4) is 0 Å². The van der Waals surface area contributed by atoms with E-state index in [-0.39, 0.29) is 11.9 Å². The lowest BCUT2D eigenvalue weighted by Crippen LogP contribution is -2.35. The summed E-state index contributed by atoms with van der Waals surface area (Å²) < 4.78 is 12.3. The summed E-state index contributed by atoms with van der Waals surface area (Å²) in [5, 5.41) is 0. The van der Waals surface area contributed by atoms with Gasteiger partial charge in [-0.15, -0.1) is 6.58 Å². The fourth-order valence-corrected chi connectivity index (χ4v) is 5.05. The normalized spacial score (nSPS) is 23.3. The van der Waals surface area contributed by atoms with E-state index in [1.807, 2.05) is 24.3 Å². The monoisotopic (exact) mass is 390 g/mol. The first-order chi connectivity index (χ1) is 14.1. The minimum absolute atomic E-state index is 0.158. The topological polar surface area (TPSA) is 35.5 Å². The molecule has 3 nitrogen and oxygen atoms in total. The Labute approximate surface area is 173 Å². The summed E-state index contributed by atoms with van der Waals surface area (Å²) >= 11 is 0. The van der Waals surface area contributed by atoms with Gasteiger partial charge >= 0.3 is 5.97 Å². The van der Waals surface area contributed by atoms with Gasteiger partial charge in [-0.1, -0.05) is 55.0 Å². The maximum absolute atomic E-state index is 12.8. The maximum Gasteiger partial charge on any atom is 0.335 e. The SMILES string of the molecule is C=CCC1=C(CC2=C(c3ccccc3)OCC2C(=C)C)C2(CCCCC2)OC1=O. The van der Waals surface area contributed by atoms with E-state index in [4.69, 9.17) is 9.47 Å². The smallest absolute Gasteiger partial charge is 0.335 e. The van der Waals surface area contributed by atoms with Gasteiger partial charge in [0.05, 0.1) is 6.61 Å². The van der Waals surface area contributed by atoms with Gasteiger partial charge in [-0.3, -0.25) is 0 Å². The Hall–Kier alpha value is -2.55. The lowest BCUT2D eigenvalue weighted by Gasteiger charge is -2.35. The Morgan fingerprint density at radius 2 is 1.93 bits per heavy atom. The Morgan fingerprint density at radius 1 is 1.21 bits per heavy atom. The highest BCUT2D eigenvalue weighted by atomic mass is 16.6. The van der Waals surface area contributed by atoms with Crippen LogP contribution < -0.4 is 0 Å². The van der Waals surface area contributed by atoms with Crippen LogP contribution in [-0.2, 0) is 14.3 Å². The van der Waals surface area contributed by atoms with Crippen LogP contribution in [0.15, 0.2) is 71.9 Å². The van der Waals surface area contributed by atoms with Crippen molar-refractivity contribution >= 4 is 11.7 Å². The molecule has 152 valence electrons. The van der Waals surface area contributed by atoms with Crippen LogP contribution in [0.5, 0.6) is 0 Å². The molecule has 1 aromatic rings. The molecule has 0 radical (unpaired) electrons. The van der Waals surface area contributed by atoms with Crippen molar-refractivity contribution in [3.05, 3.63) is 77.4 Å². The number of rotatable bonds is 6. The molecule has 0 amide bonds. The van der Waals surface area contributed by atoms with Crippen LogP contribution in [0.3, 0.4) is 0 Å². The molecule has 3 heteroatoms. The molecule has 29 heavy (non-hydrogen) atoms. The first-order valence-electron chi connectivity index (χ1n) is 10.7. The van der Waals surface area contributed by atoms with Gasteiger partial charge in [-0.05, 0) is 56.6 Å². The third-order valence-electron chi connectivity index (χ3n) is 6.56. The van der Waals surface area contributed by atoms with E-state index >= 15 is 0 Å². The summed E-state index contributed by atoms with van der Waals surface area (Å²) in [6, 6.07) is 10.2. The molecule has 1 atom stereocenters. The number of esters is 1. The van der Waals surface area contributed by atoms with Gasteiger partial charge in [0.1, 0.15) is 11.4 Å². The van der Waals surface area contributed by atoms with Crippen molar-refractivity contribution in [1.82, 2.24) is 0 Å². The highest BCUT2D eigenvalue weighted by molar-refractivity contribution is 5.93. The summed E-state index contributed by atoms with van der Waals surface area (Å²) in [4.78, 5) is 12.8. The number of allylic oxidation sites excluding steroid dienone is 1. The van der Waals surface area contributed by atoms with Gasteiger partial charge in [0.25, 0.3) is 0 Å². The molecular formula is C26H30O3. The maximum atomic E-state index is 12.8. The number of hydrogen-bond donors (Lipinski definition) is 0. The summed E-state index contributed by atoms with van der Waals surface area (Å²) in [6.45, 7) is 10.8. The molecule has 1 aromatic carbocycles. The fourth-order valence-electron chi connectivity index (χ4n) is 5.05. The Bertz CT molecular complexity index is 882. The van der Waals surface area contributed by atoms with E-state index in [0.717, 1.165) is 53.7 Å². The van der Waals surface area contributed by atoms with Crippen molar-refractivity contribution in [3.63, 3.8) is 0 Å². The molecule has 0 saturated heterocycles. The Morgan fingerprint density at radius 3 is 2.59 bits per heavy atom. The summed E-state index contributed by atoms with van der Waals surface area (Å²) in [6.07, 6.45) is 8.32. The van der Waals surface area contributed by atoms with Crippen molar-refractivity contribution < 1.29 is 14.3 Å². The molecule has 2 heterocycles. The van der Waals surface area contributed by atoms with Crippen LogP contribution in [0, 0.1) is 5.92 Å². The van der Waals surface area contributed by atoms with E-state index in [2.05, 4.69) is 32.2 Å². The van der Waals surface area contributed by atoms with Crippen LogP contribution in [-0.4, -0.2) is 18.2 Å². The molecule has 0 N–H and O–H groups in total. The third kappa shape index (κ3) is 3.59. The van der Waals surface area contributed by atoms with Gasteiger partial charge in [0, 0.05) is 17.1 Å². The van der Waals surface area contributed by atoms with Crippen LogP contribution in [0.25, 0.3) is 5.76 Å². The molecule has 1 fully saturated rings. The van der Waals surface area contributed by atoms with Crippen LogP contribution in [0.1, 0.15) is 57.4 Å². The molecule has 3 aliphatic rings. The number of carbonyl (C=O) groups excluding carboxylic acids is 1. The molecule has 4 rings (SSSR count). The number of benzene rings is 1. The second-order valence-corrected chi connectivity index (χ2v) is 8.50. The van der Waals surface area contributed by atoms with Crippen molar-refractivity contribution in [2.75, 3.05) is 6.61 Å². The molecule has 0 aromatic heterocycles. The van der Waals surface area contributed by atoms with Crippen molar-refractivity contribution in [2.24, 2.45) is 5.92 Å². The standard InChI is InChI=1S/C26H30O3/c1-4-11-20-23(26(29-25(20)27)14-9-6-10-15-26)16-21-22(18(2)3)17-28-24(21)19-12-7-5-8-13-19/h4-5,7-8,12-13,22H,1-2,6,9-11,14-17H2,3H3. The summed E-state index contributed by atoms with van der Waals surface area (Å²) in [5.41, 5.74) is 4.92. The lowest BCUT2D eigenvalue weighted by molar-refractivity contribution is -0.149. The van der Waals surface area contributed by atoms with Crippen LogP contribution in [0.2, 0.25) is 0 Å². The second kappa shape index (κ2) is 8.06. The summed E-state index contributed by atoms with van der Waals surface area (Å²) in [7, 11) is 0. The molecule has 1 spiro atoms. The first-order valence-corrected chi connectivity index (χ1v) is 10.7. The number of carbonyl (C=O) groups is 1. The van der Waals surface area contributed by atoms with E-state index in [1.54, 1.807) is 0 Å². The van der Waals surface area contributed by atoms with E-state index in [1.165, 1.54) is 12.0 Å². The number of ether oxygens (including phenoxy) is 2. The van der Waals surface area contributed by atoms with E-state index in [0.29, 0.717) is 19.4 Å². The lowest BCUT2D eigenvalue weighted by atomic mass is 9.74.